The molecule has 0 saturated carbocycles. The van der Waals surface area contributed by atoms with Gasteiger partial charge in [-0.15, -0.1) is 11.3 Å². The van der Waals surface area contributed by atoms with E-state index in [4.69, 9.17) is 32.7 Å². The summed E-state index contributed by atoms with van der Waals surface area (Å²) in [6.45, 7) is 2.78. The molecule has 0 aliphatic heterocycles. The normalized spacial score (nSPS) is 10.9. The van der Waals surface area contributed by atoms with Gasteiger partial charge in [0.15, 0.2) is 6.61 Å². The standard InChI is InChI=1S/C19H15Cl2NO5S/c1-8-14(18(24)26-3)9(2)22-16(8)12(23)7-27-19(25)17-15(21)11-5-4-10(20)6-13(11)28-17/h4-6,22H,7H2,1-3H3. The predicted octanol–water partition coefficient (Wildman–Crippen LogP) is 4.98. The minimum atomic E-state index is -0.704. The summed E-state index contributed by atoms with van der Waals surface area (Å²) in [4.78, 5) is 39.7. The second-order valence-electron chi connectivity index (χ2n) is 6.00. The Balaban J connectivity index is 1.78. The molecule has 0 atom stereocenters. The van der Waals surface area contributed by atoms with E-state index >= 15 is 0 Å². The van der Waals surface area contributed by atoms with E-state index in [1.807, 2.05) is 0 Å². The number of hydrogen-bond donors (Lipinski definition) is 1. The van der Waals surface area contributed by atoms with Gasteiger partial charge in [0.2, 0.25) is 5.78 Å². The first kappa shape index (κ1) is 20.4. The molecule has 0 amide bonds. The summed E-state index contributed by atoms with van der Waals surface area (Å²) < 4.78 is 10.6. The van der Waals surface area contributed by atoms with Crippen molar-refractivity contribution < 1.29 is 23.9 Å². The number of esters is 2. The Morgan fingerprint density at radius 2 is 1.86 bits per heavy atom. The number of aromatic nitrogens is 1. The Labute approximate surface area is 174 Å². The largest absolute Gasteiger partial charge is 0.465 e. The lowest BCUT2D eigenvalue weighted by Crippen LogP contribution is -2.15. The number of aryl methyl sites for hydroxylation is 1. The van der Waals surface area contributed by atoms with Gasteiger partial charge in [-0.05, 0) is 31.5 Å². The summed E-state index contributed by atoms with van der Waals surface area (Å²) in [5.74, 6) is -1.72. The molecule has 2 heterocycles. The van der Waals surface area contributed by atoms with E-state index in [1.165, 1.54) is 7.11 Å². The number of H-pyrrole nitrogens is 1. The van der Waals surface area contributed by atoms with Crippen LogP contribution in [-0.2, 0) is 9.47 Å². The molecule has 0 unspecified atom stereocenters. The summed E-state index contributed by atoms with van der Waals surface area (Å²) in [5, 5.41) is 1.47. The molecule has 0 spiro atoms. The van der Waals surface area contributed by atoms with Gasteiger partial charge in [0.25, 0.3) is 0 Å². The number of carbonyl (C=O) groups excluding carboxylic acids is 3. The van der Waals surface area contributed by atoms with Crippen molar-refractivity contribution in [1.29, 1.82) is 0 Å². The van der Waals surface area contributed by atoms with Crippen molar-refractivity contribution in [2.75, 3.05) is 13.7 Å². The second-order valence-corrected chi connectivity index (χ2v) is 7.87. The average molecular weight is 440 g/mol. The fourth-order valence-corrected chi connectivity index (χ4v) is 4.55. The van der Waals surface area contributed by atoms with Gasteiger partial charge in [-0.3, -0.25) is 4.79 Å². The highest BCUT2D eigenvalue weighted by molar-refractivity contribution is 7.21. The summed E-state index contributed by atoms with van der Waals surface area (Å²) in [6, 6.07) is 5.10. The molecule has 146 valence electrons. The fraction of sp³-hybridized carbons (Fsp3) is 0.211. The van der Waals surface area contributed by atoms with Crippen LogP contribution in [0.3, 0.4) is 0 Å². The highest BCUT2D eigenvalue weighted by Crippen LogP contribution is 2.37. The van der Waals surface area contributed by atoms with Gasteiger partial charge in [-0.2, -0.15) is 0 Å². The maximum absolute atomic E-state index is 12.5. The molecule has 0 bridgehead atoms. The number of benzene rings is 1. The molecule has 6 nitrogen and oxygen atoms in total. The third kappa shape index (κ3) is 3.65. The van der Waals surface area contributed by atoms with Crippen LogP contribution in [-0.4, -0.2) is 36.4 Å². The lowest BCUT2D eigenvalue weighted by Gasteiger charge is -2.04. The van der Waals surface area contributed by atoms with Gasteiger partial charge in [-0.25, -0.2) is 9.59 Å². The molecule has 1 N–H and O–H groups in total. The number of carbonyl (C=O) groups is 3. The van der Waals surface area contributed by atoms with Crippen molar-refractivity contribution in [1.82, 2.24) is 4.98 Å². The molecule has 1 aromatic carbocycles. The predicted molar refractivity (Wildman–Crippen MR) is 108 cm³/mol. The van der Waals surface area contributed by atoms with Gasteiger partial charge < -0.3 is 14.5 Å². The van der Waals surface area contributed by atoms with Crippen molar-refractivity contribution in [3.8, 4) is 0 Å². The third-order valence-corrected chi connectivity index (χ3v) is 6.09. The van der Waals surface area contributed by atoms with E-state index in [9.17, 15) is 14.4 Å². The van der Waals surface area contributed by atoms with Crippen molar-refractivity contribution in [2.24, 2.45) is 0 Å². The maximum atomic E-state index is 12.5. The van der Waals surface area contributed by atoms with E-state index in [2.05, 4.69) is 4.98 Å². The number of halogens is 2. The number of ketones is 1. The Morgan fingerprint density at radius 1 is 1.14 bits per heavy atom. The summed E-state index contributed by atoms with van der Waals surface area (Å²) in [6.07, 6.45) is 0. The number of nitrogens with one attached hydrogen (secondary N) is 1. The van der Waals surface area contributed by atoms with Gasteiger partial charge in [0, 0.05) is 20.8 Å². The summed E-state index contributed by atoms with van der Waals surface area (Å²) in [7, 11) is 1.26. The minimum absolute atomic E-state index is 0.194. The maximum Gasteiger partial charge on any atom is 0.350 e. The number of ether oxygens (including phenoxy) is 2. The van der Waals surface area contributed by atoms with Crippen LogP contribution in [0.1, 0.15) is 41.8 Å². The highest BCUT2D eigenvalue weighted by atomic mass is 35.5. The van der Waals surface area contributed by atoms with Crippen molar-refractivity contribution in [3.63, 3.8) is 0 Å². The van der Waals surface area contributed by atoms with Crippen LogP contribution < -0.4 is 0 Å². The van der Waals surface area contributed by atoms with Crippen LogP contribution in [0.4, 0.5) is 0 Å². The molecule has 2 aromatic heterocycles. The first-order chi connectivity index (χ1) is 13.2. The Bertz CT molecular complexity index is 1120. The van der Waals surface area contributed by atoms with Gasteiger partial charge in [0.05, 0.1) is 23.4 Å². The number of methoxy groups -OCH3 is 1. The Morgan fingerprint density at radius 3 is 2.54 bits per heavy atom. The van der Waals surface area contributed by atoms with Crippen LogP contribution in [0.25, 0.3) is 10.1 Å². The molecule has 0 aliphatic rings. The van der Waals surface area contributed by atoms with Crippen LogP contribution in [0, 0.1) is 13.8 Å². The monoisotopic (exact) mass is 439 g/mol. The molecule has 0 radical (unpaired) electrons. The zero-order valence-electron chi connectivity index (χ0n) is 15.1. The Kier molecular flexibility index (Phi) is 5.79. The number of fused-ring (bicyclic) bond motifs is 1. The molecule has 0 saturated heterocycles. The molecular weight excluding hydrogens is 425 g/mol. The van der Waals surface area contributed by atoms with Crippen LogP contribution in [0.5, 0.6) is 0 Å². The molecule has 0 aliphatic carbocycles. The molecule has 0 fully saturated rings. The van der Waals surface area contributed by atoms with Gasteiger partial charge in [0.1, 0.15) is 4.88 Å². The highest BCUT2D eigenvalue weighted by Gasteiger charge is 2.24. The van der Waals surface area contributed by atoms with E-state index in [1.54, 1.807) is 32.0 Å². The van der Waals surface area contributed by atoms with Gasteiger partial charge >= 0.3 is 11.9 Å². The van der Waals surface area contributed by atoms with Crippen molar-refractivity contribution >= 4 is 62.3 Å². The number of rotatable bonds is 5. The fourth-order valence-electron chi connectivity index (χ4n) is 2.88. The van der Waals surface area contributed by atoms with Crippen LogP contribution in [0.2, 0.25) is 10.0 Å². The van der Waals surface area contributed by atoms with Crippen molar-refractivity contribution in [2.45, 2.75) is 13.8 Å². The molecule has 28 heavy (non-hydrogen) atoms. The Hall–Kier alpha value is -2.35. The minimum Gasteiger partial charge on any atom is -0.465 e. The molecule has 3 aromatic rings. The summed E-state index contributed by atoms with van der Waals surface area (Å²) >= 11 is 13.4. The van der Waals surface area contributed by atoms with E-state index < -0.39 is 24.3 Å². The van der Waals surface area contributed by atoms with E-state index in [0.29, 0.717) is 27.2 Å². The topological polar surface area (TPSA) is 85.5 Å². The second kappa shape index (κ2) is 7.95. The zero-order chi connectivity index (χ0) is 20.6. The molecule has 9 heteroatoms. The smallest absolute Gasteiger partial charge is 0.350 e. The number of thiophene rings is 1. The summed E-state index contributed by atoms with van der Waals surface area (Å²) in [5.41, 5.74) is 1.44. The van der Waals surface area contributed by atoms with Crippen LogP contribution >= 0.6 is 34.5 Å². The quantitative estimate of drug-likeness (QED) is 0.447. The first-order valence-corrected chi connectivity index (χ1v) is 9.67. The molecule has 3 rings (SSSR count). The lowest BCUT2D eigenvalue weighted by molar-refractivity contribution is 0.0478. The van der Waals surface area contributed by atoms with Crippen molar-refractivity contribution in [3.05, 3.63) is 55.6 Å². The van der Waals surface area contributed by atoms with Gasteiger partial charge in [-0.1, -0.05) is 29.3 Å². The lowest BCUT2D eigenvalue weighted by atomic mass is 10.1. The SMILES string of the molecule is COC(=O)c1c(C)[nH]c(C(=O)COC(=O)c2sc3cc(Cl)ccc3c2Cl)c1C. The first-order valence-electron chi connectivity index (χ1n) is 8.10. The number of Topliss-reactive ketones (excluding diaryl/α,β-unsaturated/α-hetero) is 1. The number of hydrogen-bond acceptors (Lipinski definition) is 6. The number of aromatic amines is 1. The van der Waals surface area contributed by atoms with E-state index in [-0.39, 0.29) is 15.6 Å². The molecular formula is C19H15Cl2NO5S. The average Bonchev–Trinajstić information content (AvgIpc) is 3.14. The third-order valence-electron chi connectivity index (χ3n) is 4.22. The zero-order valence-corrected chi connectivity index (χ0v) is 17.5. The van der Waals surface area contributed by atoms with Crippen LogP contribution in [0.15, 0.2) is 18.2 Å². The van der Waals surface area contributed by atoms with E-state index in [0.717, 1.165) is 16.0 Å².